The molecule has 2 aliphatic rings. The second-order valence-corrected chi connectivity index (χ2v) is 12.6. The molecule has 0 saturated carbocycles. The zero-order valence-electron chi connectivity index (χ0n) is 25.9. The van der Waals surface area contributed by atoms with Crippen molar-refractivity contribution in [2.24, 2.45) is 17.8 Å². The minimum Gasteiger partial charge on any atom is -0.506 e. The molecule has 11 heteroatoms. The zero-order valence-corrected chi connectivity index (χ0v) is 26.7. The minimum atomic E-state index is -1.14. The average Bonchev–Trinajstić information content (AvgIpc) is 3.81. The number of esters is 2. The van der Waals surface area contributed by atoms with Gasteiger partial charge in [-0.05, 0) is 41.7 Å². The van der Waals surface area contributed by atoms with E-state index in [1.54, 1.807) is 19.1 Å². The normalized spacial score (nSPS) is 28.0. The summed E-state index contributed by atoms with van der Waals surface area (Å²) in [6.45, 7) is 7.24. The second-order valence-electron chi connectivity index (χ2n) is 12.2. The van der Waals surface area contributed by atoms with Crippen LogP contribution in [0.1, 0.15) is 57.8 Å². The molecule has 242 valence electrons. The maximum atomic E-state index is 13.4. The molecule has 45 heavy (non-hydrogen) atoms. The largest absolute Gasteiger partial charge is 0.506 e. The van der Waals surface area contributed by atoms with Gasteiger partial charge in [-0.25, -0.2) is 4.79 Å². The van der Waals surface area contributed by atoms with Crippen LogP contribution in [-0.4, -0.2) is 59.8 Å². The van der Waals surface area contributed by atoms with E-state index in [2.05, 4.69) is 10.6 Å². The highest BCUT2D eigenvalue weighted by Crippen LogP contribution is 2.45. The number of phenolic OH excluding ortho intramolecular Hbond substituents is 1. The number of ether oxygens (including phenoxy) is 3. The van der Waals surface area contributed by atoms with E-state index in [1.165, 1.54) is 18.2 Å². The number of hydrogen-bond acceptors (Lipinski definition) is 8. The summed E-state index contributed by atoms with van der Waals surface area (Å²) in [7, 11) is 0. The van der Waals surface area contributed by atoms with Crippen molar-refractivity contribution in [3.8, 4) is 5.75 Å². The van der Waals surface area contributed by atoms with E-state index in [-0.39, 0.29) is 60.6 Å². The summed E-state index contributed by atoms with van der Waals surface area (Å²) in [5.74, 6) is -3.49. The van der Waals surface area contributed by atoms with Crippen LogP contribution in [0.25, 0.3) is 0 Å². The first-order valence-corrected chi connectivity index (χ1v) is 15.6. The average molecular weight is 641 g/mol. The molecule has 7 atom stereocenters. The maximum Gasteiger partial charge on any atom is 0.347 e. The summed E-state index contributed by atoms with van der Waals surface area (Å²) in [6, 6.07) is 13.3. The van der Waals surface area contributed by atoms with Crippen LogP contribution in [0.5, 0.6) is 5.75 Å². The van der Waals surface area contributed by atoms with Gasteiger partial charge in [0, 0.05) is 25.3 Å². The summed E-state index contributed by atoms with van der Waals surface area (Å²) in [5.41, 5.74) is 1.63. The first-order valence-electron chi connectivity index (χ1n) is 15.3. The molecule has 10 nitrogen and oxygen atoms in total. The van der Waals surface area contributed by atoms with Gasteiger partial charge in [-0.3, -0.25) is 14.4 Å². The summed E-state index contributed by atoms with van der Waals surface area (Å²) >= 11 is 6.06. The van der Waals surface area contributed by atoms with E-state index in [0.29, 0.717) is 5.56 Å². The third-order valence-corrected chi connectivity index (χ3v) is 8.24. The number of carbonyl (C=O) groups is 4. The van der Waals surface area contributed by atoms with Crippen LogP contribution in [0.15, 0.2) is 60.7 Å². The van der Waals surface area contributed by atoms with Gasteiger partial charge in [0.1, 0.15) is 24.0 Å². The van der Waals surface area contributed by atoms with Gasteiger partial charge in [-0.15, -0.1) is 0 Å². The lowest BCUT2D eigenvalue weighted by atomic mass is 9.93. The molecule has 0 spiro atoms. The van der Waals surface area contributed by atoms with Crippen LogP contribution in [0.4, 0.5) is 0 Å². The SMILES string of the molecule is CC(C)C[C@@H]1OC(=O)[C@H](C)CNC(=O)[C@@H](Cc2ccc(O)c(Cl)c2)NC(=O)/C=C/C[C@@H]([C@H](C)[C@H]2O[C@@H]2c2ccccc2)OC1=O. The van der Waals surface area contributed by atoms with Crippen LogP contribution >= 0.6 is 11.6 Å². The molecule has 0 aliphatic carbocycles. The molecular formula is C34H41ClN2O8. The van der Waals surface area contributed by atoms with Crippen molar-refractivity contribution in [3.63, 3.8) is 0 Å². The predicted octanol–water partition coefficient (Wildman–Crippen LogP) is 4.43. The van der Waals surface area contributed by atoms with Gasteiger partial charge in [-0.2, -0.15) is 0 Å². The Bertz CT molecular complexity index is 1400. The number of rotatable bonds is 7. The Hall–Kier alpha value is -3.89. The van der Waals surface area contributed by atoms with Gasteiger partial charge >= 0.3 is 11.9 Å². The molecule has 0 bridgehead atoms. The molecule has 4 rings (SSSR count). The Labute approximate surface area is 268 Å². The van der Waals surface area contributed by atoms with Crippen LogP contribution in [0, 0.1) is 17.8 Å². The topological polar surface area (TPSA) is 144 Å². The minimum absolute atomic E-state index is 0.0267. The molecule has 1 saturated heterocycles. The lowest BCUT2D eigenvalue weighted by molar-refractivity contribution is -0.176. The summed E-state index contributed by atoms with van der Waals surface area (Å²) in [6.07, 6.45) is 1.24. The Morgan fingerprint density at radius 1 is 1.00 bits per heavy atom. The molecular weight excluding hydrogens is 600 g/mol. The maximum absolute atomic E-state index is 13.4. The number of halogens is 1. The quantitative estimate of drug-likeness (QED) is 0.298. The van der Waals surface area contributed by atoms with Gasteiger partial charge in [0.05, 0.1) is 17.0 Å². The molecule has 0 unspecified atom stereocenters. The second kappa shape index (κ2) is 15.4. The Morgan fingerprint density at radius 2 is 1.73 bits per heavy atom. The predicted molar refractivity (Wildman–Crippen MR) is 167 cm³/mol. The third kappa shape index (κ3) is 9.55. The molecule has 2 aliphatic heterocycles. The molecule has 3 N–H and O–H groups in total. The first kappa shape index (κ1) is 34.0. The number of amides is 2. The number of phenols is 1. The molecule has 0 radical (unpaired) electrons. The summed E-state index contributed by atoms with van der Waals surface area (Å²) < 4.78 is 17.6. The van der Waals surface area contributed by atoms with Crippen LogP contribution in [-0.2, 0) is 39.8 Å². The van der Waals surface area contributed by atoms with Crippen molar-refractivity contribution in [2.45, 2.75) is 77.4 Å². The van der Waals surface area contributed by atoms with Crippen LogP contribution < -0.4 is 10.6 Å². The lowest BCUT2D eigenvalue weighted by Crippen LogP contribution is -2.49. The highest BCUT2D eigenvalue weighted by molar-refractivity contribution is 6.32. The molecule has 2 aromatic rings. The number of aromatic hydroxyl groups is 1. The molecule has 0 aromatic heterocycles. The molecule has 2 heterocycles. The van der Waals surface area contributed by atoms with E-state index in [1.807, 2.05) is 51.1 Å². The fourth-order valence-corrected chi connectivity index (χ4v) is 5.43. The number of epoxide rings is 1. The Morgan fingerprint density at radius 3 is 2.42 bits per heavy atom. The fourth-order valence-electron chi connectivity index (χ4n) is 5.23. The van der Waals surface area contributed by atoms with Crippen molar-refractivity contribution >= 4 is 35.4 Å². The van der Waals surface area contributed by atoms with Gasteiger partial charge < -0.3 is 30.0 Å². The van der Waals surface area contributed by atoms with E-state index in [4.69, 9.17) is 25.8 Å². The van der Waals surface area contributed by atoms with Gasteiger partial charge in [0.2, 0.25) is 11.8 Å². The lowest BCUT2D eigenvalue weighted by Gasteiger charge is -2.27. The van der Waals surface area contributed by atoms with Gasteiger partial charge in [0.25, 0.3) is 0 Å². The highest BCUT2D eigenvalue weighted by atomic mass is 35.5. The van der Waals surface area contributed by atoms with Crippen molar-refractivity contribution < 1.29 is 38.5 Å². The number of hydrogen-bond donors (Lipinski definition) is 3. The van der Waals surface area contributed by atoms with Crippen LogP contribution in [0.2, 0.25) is 5.02 Å². The third-order valence-electron chi connectivity index (χ3n) is 7.94. The van der Waals surface area contributed by atoms with Crippen molar-refractivity contribution in [3.05, 3.63) is 76.8 Å². The van der Waals surface area contributed by atoms with Gasteiger partial charge in [-0.1, -0.05) is 81.8 Å². The monoisotopic (exact) mass is 640 g/mol. The number of carbonyl (C=O) groups excluding carboxylic acids is 4. The standard InChI is InChI=1S/C34H41ClN2O8/c1-19(2)15-28-34(42)43-27(21(4)30-31(45-30)23-9-6-5-7-10-23)11-8-12-29(39)37-25(17-22-13-14-26(38)24(35)16-22)32(40)36-18-20(3)33(41)44-28/h5-10,12-14,16,19-21,25,27-28,30-31,38H,11,15,17-18H2,1-4H3,(H,36,40)(H,37,39)/b12-8+/t20-,21+,25-,27+,28+,30-,31-/m1/s1. The fraction of sp³-hybridized carbons (Fsp3) is 0.471. The number of cyclic esters (lactones) is 2. The first-order chi connectivity index (χ1) is 21.4. The summed E-state index contributed by atoms with van der Waals surface area (Å²) in [5, 5.41) is 15.3. The van der Waals surface area contributed by atoms with Gasteiger partial charge in [0.15, 0.2) is 6.10 Å². The highest BCUT2D eigenvalue weighted by Gasteiger charge is 2.47. The molecule has 2 amide bonds. The Balaban J connectivity index is 1.58. The van der Waals surface area contributed by atoms with Crippen molar-refractivity contribution in [1.29, 1.82) is 0 Å². The van der Waals surface area contributed by atoms with Crippen molar-refractivity contribution in [1.82, 2.24) is 10.6 Å². The molecule has 2 aromatic carbocycles. The van der Waals surface area contributed by atoms with E-state index < -0.39 is 47.9 Å². The smallest absolute Gasteiger partial charge is 0.347 e. The van der Waals surface area contributed by atoms with E-state index in [9.17, 15) is 24.3 Å². The van der Waals surface area contributed by atoms with E-state index in [0.717, 1.165) is 5.56 Å². The zero-order chi connectivity index (χ0) is 32.7. The molecule has 1 fully saturated rings. The van der Waals surface area contributed by atoms with Crippen LogP contribution in [0.3, 0.4) is 0 Å². The number of benzene rings is 2. The Kier molecular flexibility index (Phi) is 11.6. The number of nitrogens with one attached hydrogen (secondary N) is 2. The van der Waals surface area contributed by atoms with Crippen molar-refractivity contribution in [2.75, 3.05) is 6.54 Å². The summed E-state index contributed by atoms with van der Waals surface area (Å²) in [4.78, 5) is 52.7. The van der Waals surface area contributed by atoms with E-state index >= 15 is 0 Å².